The van der Waals surface area contributed by atoms with Gasteiger partial charge in [0.2, 0.25) is 0 Å². The van der Waals surface area contributed by atoms with Crippen molar-refractivity contribution in [2.24, 2.45) is 7.05 Å². The van der Waals surface area contributed by atoms with Gasteiger partial charge in [-0.15, -0.1) is 0 Å². The van der Waals surface area contributed by atoms with Gasteiger partial charge in [0.15, 0.2) is 5.16 Å². The normalized spacial score (nSPS) is 27.2. The maximum Gasteiger partial charge on any atom is 0.279 e. The molecule has 2 fully saturated rings. The predicted octanol–water partition coefficient (Wildman–Crippen LogP) is 0.990. The Hall–Kier alpha value is -0.610. The molecule has 0 spiro atoms. The van der Waals surface area contributed by atoms with Crippen molar-refractivity contribution in [1.82, 2.24) is 18.6 Å². The lowest BCUT2D eigenvalue weighted by Gasteiger charge is -2.32. The first kappa shape index (κ1) is 17.2. The third-order valence-electron chi connectivity index (χ3n) is 4.35. The number of hydrogen-bond acceptors (Lipinski definition) is 5. The first-order valence-corrected chi connectivity index (χ1v) is 10.4. The van der Waals surface area contributed by atoms with Crippen LogP contribution in [0.2, 0.25) is 0 Å². The highest BCUT2D eigenvalue weighted by Crippen LogP contribution is 2.33. The molecule has 1 aromatic heterocycles. The molecule has 1 N–H and O–H groups in total. The highest BCUT2D eigenvalue weighted by molar-refractivity contribution is 7.99. The molecule has 1 saturated heterocycles. The molecule has 0 amide bonds. The summed E-state index contributed by atoms with van der Waals surface area (Å²) in [4.78, 5) is 4.35. The van der Waals surface area contributed by atoms with E-state index in [4.69, 9.17) is 4.74 Å². The summed E-state index contributed by atoms with van der Waals surface area (Å²) in [5, 5.41) is 1.54. The largest absolute Gasteiger partial charge is 0.379 e. The quantitative estimate of drug-likeness (QED) is 0.847. The molecule has 1 aromatic rings. The van der Waals surface area contributed by atoms with E-state index in [0.717, 1.165) is 30.8 Å². The molecule has 23 heavy (non-hydrogen) atoms. The monoisotopic (exact) mass is 360 g/mol. The summed E-state index contributed by atoms with van der Waals surface area (Å²) < 4.78 is 36.4. The summed E-state index contributed by atoms with van der Waals surface area (Å²) in [6.45, 7) is 1.85. The number of thioether (sulfide) groups is 1. The molecule has 2 aliphatic rings. The maximum absolute atomic E-state index is 12.4. The molecule has 0 atom stereocenters. The van der Waals surface area contributed by atoms with Crippen LogP contribution in [0.1, 0.15) is 25.7 Å². The van der Waals surface area contributed by atoms with Crippen molar-refractivity contribution in [3.8, 4) is 0 Å². The Morgan fingerprint density at radius 2 is 1.96 bits per heavy atom. The Kier molecular flexibility index (Phi) is 5.63. The molecule has 1 aliphatic heterocycles. The van der Waals surface area contributed by atoms with Gasteiger partial charge in [0.05, 0.1) is 13.2 Å². The van der Waals surface area contributed by atoms with Crippen molar-refractivity contribution in [3.63, 3.8) is 0 Å². The van der Waals surface area contributed by atoms with Crippen LogP contribution in [0.3, 0.4) is 0 Å². The highest BCUT2D eigenvalue weighted by atomic mass is 32.2. The van der Waals surface area contributed by atoms with Crippen molar-refractivity contribution in [1.29, 1.82) is 0 Å². The van der Waals surface area contributed by atoms with Gasteiger partial charge in [-0.05, 0) is 25.7 Å². The number of nitrogens with one attached hydrogen (secondary N) is 1. The number of hydrogen-bond donors (Lipinski definition) is 1. The van der Waals surface area contributed by atoms with E-state index in [1.807, 2.05) is 24.0 Å². The third kappa shape index (κ3) is 4.48. The Bertz CT molecular complexity index is 605. The van der Waals surface area contributed by atoms with Gasteiger partial charge in [-0.1, -0.05) is 11.8 Å². The van der Waals surface area contributed by atoms with E-state index in [2.05, 4.69) is 9.71 Å². The van der Waals surface area contributed by atoms with Crippen molar-refractivity contribution in [2.45, 2.75) is 42.1 Å². The third-order valence-corrected chi connectivity index (χ3v) is 7.43. The lowest BCUT2D eigenvalue weighted by atomic mass is 9.96. The molecule has 1 aliphatic carbocycles. The molecule has 0 radical (unpaired) electrons. The van der Waals surface area contributed by atoms with Gasteiger partial charge in [0, 0.05) is 43.8 Å². The topological polar surface area (TPSA) is 76.5 Å². The number of aryl methyl sites for hydroxylation is 1. The number of nitrogens with zero attached hydrogens (tertiary/aromatic N) is 3. The highest BCUT2D eigenvalue weighted by Gasteiger charge is 2.30. The molecular weight excluding hydrogens is 336 g/mol. The summed E-state index contributed by atoms with van der Waals surface area (Å²) in [5.41, 5.74) is 0. The Balaban J connectivity index is 1.48. The Labute approximate surface area is 142 Å². The van der Waals surface area contributed by atoms with Crippen LogP contribution in [-0.4, -0.2) is 59.9 Å². The minimum absolute atomic E-state index is 0.0427. The molecule has 2 heterocycles. The number of imidazole rings is 1. The van der Waals surface area contributed by atoms with E-state index in [0.29, 0.717) is 31.6 Å². The summed E-state index contributed by atoms with van der Waals surface area (Å²) in [7, 11) is -1.38. The second-order valence-corrected chi connectivity index (χ2v) is 9.02. The molecule has 3 rings (SSSR count). The molecule has 0 unspecified atom stereocenters. The van der Waals surface area contributed by atoms with Crippen LogP contribution in [0.5, 0.6) is 0 Å². The summed E-state index contributed by atoms with van der Waals surface area (Å²) >= 11 is 1.79. The maximum atomic E-state index is 12.4. The first-order chi connectivity index (χ1) is 11.0. The van der Waals surface area contributed by atoms with E-state index in [1.165, 1.54) is 4.31 Å². The molecule has 9 heteroatoms. The van der Waals surface area contributed by atoms with E-state index < -0.39 is 10.2 Å². The van der Waals surface area contributed by atoms with E-state index in [1.54, 1.807) is 11.8 Å². The van der Waals surface area contributed by atoms with E-state index in [-0.39, 0.29) is 6.04 Å². The predicted molar refractivity (Wildman–Crippen MR) is 89.6 cm³/mol. The number of morpholine rings is 1. The summed E-state index contributed by atoms with van der Waals surface area (Å²) in [5.74, 6) is 0. The molecule has 1 saturated carbocycles. The van der Waals surface area contributed by atoms with Gasteiger partial charge >= 0.3 is 0 Å². The number of rotatable bonds is 5. The van der Waals surface area contributed by atoms with Crippen molar-refractivity contribution in [2.75, 3.05) is 26.3 Å². The fourth-order valence-electron chi connectivity index (χ4n) is 2.99. The van der Waals surface area contributed by atoms with Gasteiger partial charge in [-0.2, -0.15) is 17.4 Å². The zero-order valence-electron chi connectivity index (χ0n) is 13.3. The van der Waals surface area contributed by atoms with Crippen LogP contribution >= 0.6 is 11.8 Å². The number of aromatic nitrogens is 2. The second-order valence-electron chi connectivity index (χ2n) is 6.05. The summed E-state index contributed by atoms with van der Waals surface area (Å²) in [6, 6.07) is 0.0427. The van der Waals surface area contributed by atoms with Gasteiger partial charge in [-0.25, -0.2) is 4.98 Å². The molecule has 0 aromatic carbocycles. The van der Waals surface area contributed by atoms with Gasteiger partial charge < -0.3 is 9.30 Å². The fourth-order valence-corrected chi connectivity index (χ4v) is 5.58. The Morgan fingerprint density at radius 3 is 2.57 bits per heavy atom. The van der Waals surface area contributed by atoms with Crippen LogP contribution < -0.4 is 4.72 Å². The van der Waals surface area contributed by atoms with Crippen molar-refractivity contribution in [3.05, 3.63) is 12.4 Å². The lowest BCUT2D eigenvalue weighted by Crippen LogP contribution is -2.50. The van der Waals surface area contributed by atoms with Gasteiger partial charge in [-0.3, -0.25) is 0 Å². The average molecular weight is 361 g/mol. The van der Waals surface area contributed by atoms with E-state index in [9.17, 15) is 8.42 Å². The number of ether oxygens (including phenoxy) is 1. The standard InChI is InChI=1S/C14H24N4O3S2/c1-17-7-6-15-14(17)22-13-4-2-12(3-5-13)16-23(19,20)18-8-10-21-11-9-18/h6-7,12-13,16H,2-5,8-11H2,1H3. The van der Waals surface area contributed by atoms with Crippen molar-refractivity contribution >= 4 is 22.0 Å². The molecule has 0 bridgehead atoms. The average Bonchev–Trinajstić information content (AvgIpc) is 2.95. The molecule has 130 valence electrons. The van der Waals surface area contributed by atoms with Crippen LogP contribution in [-0.2, 0) is 22.0 Å². The zero-order chi connectivity index (χ0) is 16.3. The summed E-state index contributed by atoms with van der Waals surface area (Å²) in [6.07, 6.45) is 7.54. The van der Waals surface area contributed by atoms with Crippen LogP contribution in [0.25, 0.3) is 0 Å². The smallest absolute Gasteiger partial charge is 0.279 e. The molecular formula is C14H24N4O3S2. The van der Waals surface area contributed by atoms with Gasteiger partial charge in [0.1, 0.15) is 0 Å². The SMILES string of the molecule is Cn1ccnc1SC1CCC(NS(=O)(=O)N2CCOCC2)CC1. The molecule has 7 nitrogen and oxygen atoms in total. The van der Waals surface area contributed by atoms with Gasteiger partial charge in [0.25, 0.3) is 10.2 Å². The van der Waals surface area contributed by atoms with Crippen molar-refractivity contribution < 1.29 is 13.2 Å². The van der Waals surface area contributed by atoms with Crippen LogP contribution in [0.4, 0.5) is 0 Å². The fraction of sp³-hybridized carbons (Fsp3) is 0.786. The lowest BCUT2D eigenvalue weighted by molar-refractivity contribution is 0.0722. The Morgan fingerprint density at radius 1 is 1.26 bits per heavy atom. The first-order valence-electron chi connectivity index (χ1n) is 8.04. The second kappa shape index (κ2) is 7.52. The van der Waals surface area contributed by atoms with Crippen LogP contribution in [0, 0.1) is 0 Å². The minimum atomic E-state index is -3.38. The van der Waals surface area contributed by atoms with E-state index >= 15 is 0 Å². The minimum Gasteiger partial charge on any atom is -0.379 e. The van der Waals surface area contributed by atoms with Crippen LogP contribution in [0.15, 0.2) is 17.6 Å². The zero-order valence-corrected chi connectivity index (χ0v) is 15.0.